The molecule has 3 heteroatoms. The van der Waals surface area contributed by atoms with Gasteiger partial charge in [0.15, 0.2) is 5.78 Å². The van der Waals surface area contributed by atoms with Gasteiger partial charge in [-0.05, 0) is 18.9 Å². The van der Waals surface area contributed by atoms with E-state index < -0.39 is 0 Å². The zero-order valence-corrected chi connectivity index (χ0v) is 11.4. The number of H-pyrrole nitrogens is 1. The fourth-order valence-electron chi connectivity index (χ4n) is 3.48. The molecule has 1 aromatic carbocycles. The van der Waals surface area contributed by atoms with Crippen LogP contribution in [-0.2, 0) is 6.42 Å². The van der Waals surface area contributed by atoms with Crippen molar-refractivity contribution in [3.63, 3.8) is 0 Å². The first kappa shape index (κ1) is 11.9. The summed E-state index contributed by atoms with van der Waals surface area (Å²) in [4.78, 5) is 18.6. The van der Waals surface area contributed by atoms with Crippen molar-refractivity contribution in [3.05, 3.63) is 47.7 Å². The van der Waals surface area contributed by atoms with E-state index in [0.29, 0.717) is 5.78 Å². The SMILES string of the molecule is O=C1c2c([nH]c3ccccc23)CC[C@@H]1CN1CC=CC1. The van der Waals surface area contributed by atoms with Crippen LogP contribution in [0, 0.1) is 5.92 Å². The molecule has 0 saturated carbocycles. The van der Waals surface area contributed by atoms with Crippen LogP contribution in [0.1, 0.15) is 22.5 Å². The van der Waals surface area contributed by atoms with Crippen molar-refractivity contribution in [2.24, 2.45) is 5.92 Å². The molecule has 2 aromatic rings. The lowest BCUT2D eigenvalue weighted by Crippen LogP contribution is -2.34. The Morgan fingerprint density at radius 2 is 2.00 bits per heavy atom. The van der Waals surface area contributed by atoms with Crippen molar-refractivity contribution in [1.29, 1.82) is 0 Å². The van der Waals surface area contributed by atoms with Crippen molar-refractivity contribution < 1.29 is 4.79 Å². The standard InChI is InChI=1S/C17H18N2O/c20-17-12(11-19-9-3-4-10-19)7-8-15-16(17)13-5-1-2-6-14(13)18-15/h1-6,12,18H,7-11H2/t12-/m1/s1. The summed E-state index contributed by atoms with van der Waals surface area (Å²) in [5, 5.41) is 1.09. The van der Waals surface area contributed by atoms with E-state index >= 15 is 0 Å². The van der Waals surface area contributed by atoms with E-state index in [2.05, 4.69) is 34.2 Å². The molecule has 1 N–H and O–H groups in total. The van der Waals surface area contributed by atoms with Gasteiger partial charge in [-0.15, -0.1) is 0 Å². The average molecular weight is 266 g/mol. The molecule has 1 aromatic heterocycles. The molecule has 102 valence electrons. The highest BCUT2D eigenvalue weighted by molar-refractivity contribution is 6.11. The molecule has 0 spiro atoms. The fraction of sp³-hybridized carbons (Fsp3) is 0.353. The quantitative estimate of drug-likeness (QED) is 0.848. The molecule has 0 amide bonds. The van der Waals surface area contributed by atoms with Crippen molar-refractivity contribution in [3.8, 4) is 0 Å². The molecule has 0 unspecified atom stereocenters. The van der Waals surface area contributed by atoms with E-state index in [-0.39, 0.29) is 5.92 Å². The average Bonchev–Trinajstić information content (AvgIpc) is 3.09. The Balaban J connectivity index is 1.67. The van der Waals surface area contributed by atoms with E-state index in [1.54, 1.807) is 0 Å². The molecule has 0 fully saturated rings. The van der Waals surface area contributed by atoms with Crippen LogP contribution in [-0.4, -0.2) is 35.3 Å². The summed E-state index contributed by atoms with van der Waals surface area (Å²) in [5.41, 5.74) is 3.17. The highest BCUT2D eigenvalue weighted by Gasteiger charge is 2.31. The van der Waals surface area contributed by atoms with E-state index in [9.17, 15) is 4.79 Å². The molecule has 0 saturated heterocycles. The third-order valence-corrected chi connectivity index (χ3v) is 4.52. The van der Waals surface area contributed by atoms with Crippen molar-refractivity contribution in [2.75, 3.05) is 19.6 Å². The van der Waals surface area contributed by atoms with Crippen LogP contribution in [0.4, 0.5) is 0 Å². The van der Waals surface area contributed by atoms with Gasteiger partial charge in [-0.3, -0.25) is 9.69 Å². The number of fused-ring (bicyclic) bond motifs is 3. The third kappa shape index (κ3) is 1.81. The number of hydrogen-bond donors (Lipinski definition) is 1. The first-order valence-corrected chi connectivity index (χ1v) is 7.34. The fourth-order valence-corrected chi connectivity index (χ4v) is 3.48. The number of ketones is 1. The number of hydrogen-bond acceptors (Lipinski definition) is 2. The second kappa shape index (κ2) is 4.60. The predicted octanol–water partition coefficient (Wildman–Crippen LogP) is 2.78. The lowest BCUT2D eigenvalue weighted by Gasteiger charge is -2.25. The Bertz CT molecular complexity index is 690. The smallest absolute Gasteiger partial charge is 0.169 e. The summed E-state index contributed by atoms with van der Waals surface area (Å²) >= 11 is 0. The number of carbonyl (C=O) groups excluding carboxylic acids is 1. The predicted molar refractivity (Wildman–Crippen MR) is 80.0 cm³/mol. The van der Waals surface area contributed by atoms with Crippen LogP contribution in [0.3, 0.4) is 0 Å². The molecule has 1 aliphatic carbocycles. The summed E-state index contributed by atoms with van der Waals surface area (Å²) in [6, 6.07) is 8.14. The van der Waals surface area contributed by atoms with Gasteiger partial charge in [-0.1, -0.05) is 30.4 Å². The molecule has 1 aliphatic heterocycles. The third-order valence-electron chi connectivity index (χ3n) is 4.52. The van der Waals surface area contributed by atoms with Crippen LogP contribution in [0.15, 0.2) is 36.4 Å². The highest BCUT2D eigenvalue weighted by Crippen LogP contribution is 2.32. The second-order valence-corrected chi connectivity index (χ2v) is 5.81. The number of aryl methyl sites for hydroxylation is 1. The molecule has 20 heavy (non-hydrogen) atoms. The minimum Gasteiger partial charge on any atom is -0.358 e. The van der Waals surface area contributed by atoms with E-state index in [1.165, 1.54) is 0 Å². The van der Waals surface area contributed by atoms with Gasteiger partial charge in [-0.25, -0.2) is 0 Å². The summed E-state index contributed by atoms with van der Waals surface area (Å²) in [6.45, 7) is 2.87. The van der Waals surface area contributed by atoms with Crippen LogP contribution >= 0.6 is 0 Å². The summed E-state index contributed by atoms with van der Waals surface area (Å²) < 4.78 is 0. The number of carbonyl (C=O) groups is 1. The van der Waals surface area contributed by atoms with E-state index in [0.717, 1.165) is 54.6 Å². The number of rotatable bonds is 2. The lowest BCUT2D eigenvalue weighted by atomic mass is 9.85. The molecular weight excluding hydrogens is 248 g/mol. The van der Waals surface area contributed by atoms with Gasteiger partial charge in [0.25, 0.3) is 0 Å². The van der Waals surface area contributed by atoms with Crippen molar-refractivity contribution >= 4 is 16.7 Å². The van der Waals surface area contributed by atoms with Crippen LogP contribution in [0.25, 0.3) is 10.9 Å². The maximum absolute atomic E-state index is 12.8. The first-order chi connectivity index (χ1) is 9.83. The van der Waals surface area contributed by atoms with E-state index in [1.807, 2.05) is 12.1 Å². The number of aromatic nitrogens is 1. The van der Waals surface area contributed by atoms with Crippen molar-refractivity contribution in [1.82, 2.24) is 9.88 Å². The number of benzene rings is 1. The number of para-hydroxylation sites is 1. The molecule has 3 nitrogen and oxygen atoms in total. The molecule has 2 aliphatic rings. The Morgan fingerprint density at radius 3 is 2.85 bits per heavy atom. The number of aromatic amines is 1. The number of Topliss-reactive ketones (excluding diaryl/α,β-unsaturated/α-hetero) is 1. The van der Waals surface area contributed by atoms with Gasteiger partial charge in [0, 0.05) is 47.7 Å². The molecule has 4 rings (SSSR count). The van der Waals surface area contributed by atoms with Crippen molar-refractivity contribution in [2.45, 2.75) is 12.8 Å². The Kier molecular flexibility index (Phi) is 2.74. The largest absolute Gasteiger partial charge is 0.358 e. The zero-order chi connectivity index (χ0) is 13.5. The topological polar surface area (TPSA) is 36.1 Å². The second-order valence-electron chi connectivity index (χ2n) is 5.81. The van der Waals surface area contributed by atoms with Crippen LogP contribution in [0.5, 0.6) is 0 Å². The Labute approximate surface area is 118 Å². The minimum atomic E-state index is 0.154. The Hall–Kier alpha value is -1.87. The van der Waals surface area contributed by atoms with Crippen LogP contribution in [0.2, 0.25) is 0 Å². The summed E-state index contributed by atoms with van der Waals surface area (Å²) in [6.07, 6.45) is 6.33. The summed E-state index contributed by atoms with van der Waals surface area (Å²) in [5.74, 6) is 0.484. The molecule has 1 atom stereocenters. The van der Waals surface area contributed by atoms with Gasteiger partial charge in [0.2, 0.25) is 0 Å². The van der Waals surface area contributed by atoms with Crippen LogP contribution < -0.4 is 0 Å². The number of nitrogens with zero attached hydrogens (tertiary/aromatic N) is 1. The monoisotopic (exact) mass is 266 g/mol. The van der Waals surface area contributed by atoms with Gasteiger partial charge in [0.1, 0.15) is 0 Å². The molecule has 0 radical (unpaired) electrons. The summed E-state index contributed by atoms with van der Waals surface area (Å²) in [7, 11) is 0. The number of nitrogens with one attached hydrogen (secondary N) is 1. The molecule has 2 heterocycles. The zero-order valence-electron chi connectivity index (χ0n) is 11.4. The van der Waals surface area contributed by atoms with Gasteiger partial charge >= 0.3 is 0 Å². The highest BCUT2D eigenvalue weighted by atomic mass is 16.1. The van der Waals surface area contributed by atoms with Gasteiger partial charge < -0.3 is 4.98 Å². The lowest BCUT2D eigenvalue weighted by molar-refractivity contribution is 0.0872. The maximum Gasteiger partial charge on any atom is 0.169 e. The normalized spacial score (nSPS) is 22.6. The molecule has 0 bridgehead atoms. The first-order valence-electron chi connectivity index (χ1n) is 7.34. The van der Waals surface area contributed by atoms with E-state index in [4.69, 9.17) is 0 Å². The maximum atomic E-state index is 12.8. The molecular formula is C17H18N2O. The minimum absolute atomic E-state index is 0.154. The Morgan fingerprint density at radius 1 is 1.20 bits per heavy atom. The van der Waals surface area contributed by atoms with Gasteiger partial charge in [0.05, 0.1) is 0 Å². The van der Waals surface area contributed by atoms with Gasteiger partial charge in [-0.2, -0.15) is 0 Å².